The zero-order chi connectivity index (χ0) is 10.5. The molecule has 0 saturated heterocycles. The Hall–Kier alpha value is -0.730. The van der Waals surface area contributed by atoms with Gasteiger partial charge in [-0.05, 0) is 18.1 Å². The molecule has 0 spiro atoms. The first-order valence-electron chi connectivity index (χ1n) is 4.26. The standard InChI is InChI=1S/C10H8Cl2O2/c1-4-2-5-3-6(13)8(11)9(12)7(5)10(4)14/h3-4,13H,2H2,1H3. The van der Waals surface area contributed by atoms with Crippen molar-refractivity contribution >= 4 is 29.0 Å². The average Bonchev–Trinajstić information content (AvgIpc) is 2.39. The number of fused-ring (bicyclic) bond motifs is 1. The van der Waals surface area contributed by atoms with Crippen molar-refractivity contribution in [3.8, 4) is 5.75 Å². The van der Waals surface area contributed by atoms with Crippen molar-refractivity contribution < 1.29 is 9.90 Å². The Morgan fingerprint density at radius 1 is 1.43 bits per heavy atom. The molecule has 74 valence electrons. The van der Waals surface area contributed by atoms with Crippen molar-refractivity contribution in [1.29, 1.82) is 0 Å². The molecule has 0 aliphatic heterocycles. The van der Waals surface area contributed by atoms with Crippen molar-refractivity contribution in [3.05, 3.63) is 27.2 Å². The van der Waals surface area contributed by atoms with Gasteiger partial charge in [-0.1, -0.05) is 30.1 Å². The largest absolute Gasteiger partial charge is 0.506 e. The highest BCUT2D eigenvalue weighted by Gasteiger charge is 2.31. The fourth-order valence-electron chi connectivity index (χ4n) is 1.76. The molecule has 1 aromatic rings. The highest BCUT2D eigenvalue weighted by molar-refractivity contribution is 6.45. The Balaban J connectivity index is 2.71. The number of Topliss-reactive ketones (excluding diaryl/α,β-unsaturated/α-hetero) is 1. The van der Waals surface area contributed by atoms with Crippen molar-refractivity contribution in [3.63, 3.8) is 0 Å². The Bertz CT molecular complexity index is 427. The van der Waals surface area contributed by atoms with Crippen LogP contribution in [0, 0.1) is 5.92 Å². The Morgan fingerprint density at radius 3 is 2.71 bits per heavy atom. The molecule has 1 N–H and O–H groups in total. The quantitative estimate of drug-likeness (QED) is 0.744. The van der Waals surface area contributed by atoms with Gasteiger partial charge in [-0.15, -0.1) is 0 Å². The van der Waals surface area contributed by atoms with Crippen molar-refractivity contribution in [2.45, 2.75) is 13.3 Å². The van der Waals surface area contributed by atoms with Crippen LogP contribution in [0.4, 0.5) is 0 Å². The number of phenolic OH excluding ortho intramolecular Hbond substituents is 1. The highest BCUT2D eigenvalue weighted by Crippen LogP contribution is 2.41. The van der Waals surface area contributed by atoms with Gasteiger partial charge in [0, 0.05) is 11.5 Å². The zero-order valence-corrected chi connectivity index (χ0v) is 8.99. The highest BCUT2D eigenvalue weighted by atomic mass is 35.5. The summed E-state index contributed by atoms with van der Waals surface area (Å²) in [6.45, 7) is 1.84. The Morgan fingerprint density at radius 2 is 2.07 bits per heavy atom. The second kappa shape index (κ2) is 3.14. The maximum absolute atomic E-state index is 11.7. The number of ketones is 1. The van der Waals surface area contributed by atoms with Crippen LogP contribution in [-0.4, -0.2) is 10.9 Å². The number of hydrogen-bond donors (Lipinski definition) is 1. The molecule has 0 fully saturated rings. The third kappa shape index (κ3) is 1.22. The number of carbonyl (C=O) groups excluding carboxylic acids is 1. The van der Waals surface area contributed by atoms with E-state index >= 15 is 0 Å². The third-order valence-electron chi connectivity index (χ3n) is 2.49. The van der Waals surface area contributed by atoms with Gasteiger partial charge in [0.25, 0.3) is 0 Å². The first-order chi connectivity index (χ1) is 6.52. The molecular weight excluding hydrogens is 223 g/mol. The maximum Gasteiger partial charge on any atom is 0.167 e. The summed E-state index contributed by atoms with van der Waals surface area (Å²) in [4.78, 5) is 11.7. The van der Waals surface area contributed by atoms with Crippen molar-refractivity contribution in [1.82, 2.24) is 0 Å². The number of benzene rings is 1. The average molecular weight is 231 g/mol. The smallest absolute Gasteiger partial charge is 0.167 e. The van der Waals surface area contributed by atoms with Crippen molar-refractivity contribution in [2.24, 2.45) is 5.92 Å². The molecular formula is C10H8Cl2O2. The SMILES string of the molecule is CC1Cc2cc(O)c(Cl)c(Cl)c2C1=O. The molecule has 1 atom stereocenters. The molecule has 14 heavy (non-hydrogen) atoms. The lowest BCUT2D eigenvalue weighted by Crippen LogP contribution is -2.03. The molecule has 0 heterocycles. The fraction of sp³-hybridized carbons (Fsp3) is 0.300. The number of hydrogen-bond acceptors (Lipinski definition) is 2. The van der Waals surface area contributed by atoms with Crippen molar-refractivity contribution in [2.75, 3.05) is 0 Å². The van der Waals surface area contributed by atoms with E-state index in [1.807, 2.05) is 6.92 Å². The summed E-state index contributed by atoms with van der Waals surface area (Å²) in [6.07, 6.45) is 0.624. The lowest BCUT2D eigenvalue weighted by atomic mass is 10.1. The summed E-state index contributed by atoms with van der Waals surface area (Å²) < 4.78 is 0. The molecule has 0 saturated carbocycles. The molecule has 0 bridgehead atoms. The lowest BCUT2D eigenvalue weighted by molar-refractivity contribution is 0.0946. The minimum absolute atomic E-state index is 0.00639. The van der Waals surface area contributed by atoms with Crippen LogP contribution < -0.4 is 0 Å². The Labute approximate surface area is 91.4 Å². The van der Waals surface area contributed by atoms with Crippen LogP contribution in [0.25, 0.3) is 0 Å². The van der Waals surface area contributed by atoms with Gasteiger partial charge in [-0.2, -0.15) is 0 Å². The van der Waals surface area contributed by atoms with E-state index in [4.69, 9.17) is 23.2 Å². The Kier molecular flexibility index (Phi) is 2.20. The first kappa shape index (κ1) is 9.81. The number of aromatic hydroxyl groups is 1. The summed E-state index contributed by atoms with van der Waals surface area (Å²) in [6, 6.07) is 1.52. The summed E-state index contributed by atoms with van der Waals surface area (Å²) in [5, 5.41) is 9.65. The zero-order valence-electron chi connectivity index (χ0n) is 7.47. The van der Waals surface area contributed by atoms with E-state index in [2.05, 4.69) is 0 Å². The minimum atomic E-state index is -0.0691. The van der Waals surface area contributed by atoms with Crippen LogP contribution >= 0.6 is 23.2 Å². The lowest BCUT2D eigenvalue weighted by Gasteiger charge is -2.04. The molecule has 1 aliphatic carbocycles. The van der Waals surface area contributed by atoms with Crippen LogP contribution in [0.2, 0.25) is 10.0 Å². The van der Waals surface area contributed by atoms with E-state index in [9.17, 15) is 9.90 Å². The maximum atomic E-state index is 11.7. The summed E-state index contributed by atoms with van der Waals surface area (Å²) in [5.74, 6) is -0.121. The second-order valence-electron chi connectivity index (χ2n) is 3.53. The van der Waals surface area contributed by atoms with E-state index in [0.29, 0.717) is 12.0 Å². The van der Waals surface area contributed by atoms with Gasteiger partial charge in [0.15, 0.2) is 5.78 Å². The van der Waals surface area contributed by atoms with Gasteiger partial charge >= 0.3 is 0 Å². The van der Waals surface area contributed by atoms with E-state index in [-0.39, 0.29) is 27.5 Å². The van der Waals surface area contributed by atoms with Gasteiger partial charge < -0.3 is 5.11 Å². The van der Waals surface area contributed by atoms with Gasteiger partial charge in [-0.3, -0.25) is 4.79 Å². The number of phenols is 1. The molecule has 0 amide bonds. The van der Waals surface area contributed by atoms with Crippen LogP contribution in [0.15, 0.2) is 6.07 Å². The van der Waals surface area contributed by atoms with Gasteiger partial charge in [0.2, 0.25) is 0 Å². The van der Waals surface area contributed by atoms with Crippen LogP contribution in [0.1, 0.15) is 22.8 Å². The molecule has 4 heteroatoms. The van der Waals surface area contributed by atoms with Crippen LogP contribution in [0.3, 0.4) is 0 Å². The predicted molar refractivity (Wildman–Crippen MR) is 55.3 cm³/mol. The molecule has 1 aromatic carbocycles. The summed E-state index contributed by atoms with van der Waals surface area (Å²) in [7, 11) is 0. The molecule has 1 aliphatic rings. The molecule has 2 nitrogen and oxygen atoms in total. The van der Waals surface area contributed by atoms with Gasteiger partial charge in [0.05, 0.1) is 5.02 Å². The first-order valence-corrected chi connectivity index (χ1v) is 5.02. The minimum Gasteiger partial charge on any atom is -0.506 e. The number of carbonyl (C=O) groups is 1. The summed E-state index contributed by atoms with van der Waals surface area (Å²) in [5.41, 5.74) is 1.26. The van der Waals surface area contributed by atoms with Crippen LogP contribution in [-0.2, 0) is 6.42 Å². The molecule has 0 aromatic heterocycles. The third-order valence-corrected chi connectivity index (χ3v) is 3.35. The topological polar surface area (TPSA) is 37.3 Å². The fourth-order valence-corrected chi connectivity index (χ4v) is 2.22. The second-order valence-corrected chi connectivity index (χ2v) is 4.28. The molecule has 0 radical (unpaired) electrons. The normalized spacial score (nSPS) is 19.9. The molecule has 2 rings (SSSR count). The van der Waals surface area contributed by atoms with E-state index in [1.165, 1.54) is 6.07 Å². The number of rotatable bonds is 0. The van der Waals surface area contributed by atoms with E-state index in [1.54, 1.807) is 0 Å². The van der Waals surface area contributed by atoms with Gasteiger partial charge in [-0.25, -0.2) is 0 Å². The number of halogens is 2. The monoisotopic (exact) mass is 230 g/mol. The predicted octanol–water partition coefficient (Wildman–Crippen LogP) is 3.07. The van der Waals surface area contributed by atoms with Gasteiger partial charge in [0.1, 0.15) is 10.8 Å². The van der Waals surface area contributed by atoms with E-state index in [0.717, 1.165) is 5.56 Å². The van der Waals surface area contributed by atoms with Crippen LogP contribution in [0.5, 0.6) is 5.75 Å². The molecule has 1 unspecified atom stereocenters. The summed E-state index contributed by atoms with van der Waals surface area (Å²) >= 11 is 11.6. The van der Waals surface area contributed by atoms with E-state index < -0.39 is 0 Å².